The molecule has 25 heavy (non-hydrogen) atoms. The highest BCUT2D eigenvalue weighted by atomic mass is 16.5. The van der Waals surface area contributed by atoms with E-state index in [1.165, 1.54) is 6.07 Å². The number of fused-ring (bicyclic) bond motifs is 1. The van der Waals surface area contributed by atoms with Gasteiger partial charge in [0.2, 0.25) is 0 Å². The fourth-order valence-corrected chi connectivity index (χ4v) is 3.13. The lowest BCUT2D eigenvalue weighted by Gasteiger charge is -2.27. The van der Waals surface area contributed by atoms with E-state index in [1.807, 2.05) is 12.1 Å². The van der Waals surface area contributed by atoms with Crippen LogP contribution in [0.3, 0.4) is 0 Å². The molecule has 0 unspecified atom stereocenters. The second kappa shape index (κ2) is 6.18. The van der Waals surface area contributed by atoms with Crippen LogP contribution in [0.4, 0.5) is 5.82 Å². The Labute approximate surface area is 144 Å². The van der Waals surface area contributed by atoms with Crippen LogP contribution >= 0.6 is 0 Å². The molecule has 7 heteroatoms. The maximum Gasteiger partial charge on any atom is 0.265 e. The Morgan fingerprint density at radius 2 is 1.88 bits per heavy atom. The minimum Gasteiger partial charge on any atom is -0.507 e. The van der Waals surface area contributed by atoms with E-state index in [0.717, 1.165) is 29.4 Å². The van der Waals surface area contributed by atoms with Crippen molar-refractivity contribution in [3.8, 4) is 5.75 Å². The summed E-state index contributed by atoms with van der Waals surface area (Å²) < 4.78 is 5.33. The molecule has 1 aromatic heterocycles. The van der Waals surface area contributed by atoms with E-state index in [1.54, 1.807) is 18.3 Å². The first-order valence-electron chi connectivity index (χ1n) is 8.11. The number of imide groups is 1. The molecule has 2 aromatic rings. The van der Waals surface area contributed by atoms with Crippen molar-refractivity contribution in [2.45, 2.75) is 6.54 Å². The fraction of sp³-hybridized carbons (Fsp3) is 0.278. The highest BCUT2D eigenvalue weighted by Gasteiger charge is 2.37. The largest absolute Gasteiger partial charge is 0.507 e. The van der Waals surface area contributed by atoms with E-state index in [-0.39, 0.29) is 23.4 Å². The number of anilines is 1. The van der Waals surface area contributed by atoms with Gasteiger partial charge in [-0.05, 0) is 23.8 Å². The number of hydrogen-bond donors (Lipinski definition) is 1. The van der Waals surface area contributed by atoms with E-state index in [2.05, 4.69) is 9.88 Å². The molecular formula is C18H17N3O4. The monoisotopic (exact) mass is 339 g/mol. The average Bonchev–Trinajstić information content (AvgIpc) is 2.89. The summed E-state index contributed by atoms with van der Waals surface area (Å²) in [4.78, 5) is 32.6. The second-order valence-corrected chi connectivity index (χ2v) is 6.02. The lowest BCUT2D eigenvalue weighted by Crippen LogP contribution is -2.36. The van der Waals surface area contributed by atoms with Gasteiger partial charge in [0.05, 0.1) is 30.9 Å². The van der Waals surface area contributed by atoms with Crippen molar-refractivity contribution >= 4 is 17.6 Å². The van der Waals surface area contributed by atoms with Gasteiger partial charge < -0.3 is 14.7 Å². The van der Waals surface area contributed by atoms with E-state index in [9.17, 15) is 14.7 Å². The van der Waals surface area contributed by atoms with Crippen molar-refractivity contribution in [2.24, 2.45) is 0 Å². The van der Waals surface area contributed by atoms with Crippen LogP contribution in [0.2, 0.25) is 0 Å². The standard InChI is InChI=1S/C18H17N3O4/c22-14-3-1-2-13-16(14)18(24)21(17(13)23)11-12-4-5-15(19-10-12)20-6-8-25-9-7-20/h1-5,10,22H,6-9,11H2. The highest BCUT2D eigenvalue weighted by molar-refractivity contribution is 6.22. The molecule has 2 aliphatic heterocycles. The number of carbonyl (C=O) groups excluding carboxylic acids is 2. The number of pyridine rings is 1. The van der Waals surface area contributed by atoms with Crippen LogP contribution in [-0.2, 0) is 11.3 Å². The van der Waals surface area contributed by atoms with Gasteiger partial charge in [0, 0.05) is 19.3 Å². The van der Waals surface area contributed by atoms with Crippen LogP contribution in [0.15, 0.2) is 36.5 Å². The number of aromatic hydroxyl groups is 1. The predicted octanol–water partition coefficient (Wildman–Crippen LogP) is 1.42. The molecule has 4 rings (SSSR count). The Hall–Kier alpha value is -2.93. The van der Waals surface area contributed by atoms with Crippen LogP contribution in [0, 0.1) is 0 Å². The molecule has 0 aliphatic carbocycles. The number of aromatic nitrogens is 1. The molecule has 0 saturated carbocycles. The summed E-state index contributed by atoms with van der Waals surface area (Å²) in [5.41, 5.74) is 1.07. The average molecular weight is 339 g/mol. The predicted molar refractivity (Wildman–Crippen MR) is 89.6 cm³/mol. The van der Waals surface area contributed by atoms with Crippen molar-refractivity contribution < 1.29 is 19.4 Å². The number of nitrogens with zero attached hydrogens (tertiary/aromatic N) is 3. The molecule has 128 valence electrons. The van der Waals surface area contributed by atoms with E-state index >= 15 is 0 Å². The Balaban J connectivity index is 1.52. The Morgan fingerprint density at radius 3 is 2.56 bits per heavy atom. The minimum atomic E-state index is -0.477. The van der Waals surface area contributed by atoms with Gasteiger partial charge >= 0.3 is 0 Å². The van der Waals surface area contributed by atoms with Crippen molar-refractivity contribution in [1.82, 2.24) is 9.88 Å². The Bertz CT molecular complexity index is 829. The number of rotatable bonds is 3. The van der Waals surface area contributed by atoms with Crippen molar-refractivity contribution in [3.63, 3.8) is 0 Å². The summed E-state index contributed by atoms with van der Waals surface area (Å²) in [5.74, 6) is -0.185. The Morgan fingerprint density at radius 1 is 1.08 bits per heavy atom. The molecule has 1 N–H and O–H groups in total. The maximum absolute atomic E-state index is 12.4. The quantitative estimate of drug-likeness (QED) is 0.852. The zero-order chi connectivity index (χ0) is 17.4. The van der Waals surface area contributed by atoms with E-state index in [4.69, 9.17) is 4.74 Å². The SMILES string of the molecule is O=C1c2cccc(O)c2C(=O)N1Cc1ccc(N2CCOCC2)nc1. The van der Waals surface area contributed by atoms with Crippen LogP contribution in [0.25, 0.3) is 0 Å². The number of carbonyl (C=O) groups is 2. The smallest absolute Gasteiger partial charge is 0.265 e. The summed E-state index contributed by atoms with van der Waals surface area (Å²) in [7, 11) is 0. The second-order valence-electron chi connectivity index (χ2n) is 6.02. The maximum atomic E-state index is 12.4. The van der Waals surface area contributed by atoms with E-state index in [0.29, 0.717) is 13.2 Å². The molecule has 7 nitrogen and oxygen atoms in total. The van der Waals surface area contributed by atoms with E-state index < -0.39 is 11.8 Å². The third kappa shape index (κ3) is 2.72. The number of ether oxygens (including phenoxy) is 1. The molecule has 2 amide bonds. The number of amides is 2. The molecule has 1 fully saturated rings. The van der Waals surface area contributed by atoms with Gasteiger partial charge in [0.25, 0.3) is 11.8 Å². The normalized spacial score (nSPS) is 17.1. The Kier molecular flexibility index (Phi) is 3.85. The zero-order valence-corrected chi connectivity index (χ0v) is 13.5. The summed E-state index contributed by atoms with van der Waals surface area (Å²) in [5, 5.41) is 9.86. The van der Waals surface area contributed by atoms with Crippen LogP contribution < -0.4 is 4.90 Å². The minimum absolute atomic E-state index is 0.0744. The lowest BCUT2D eigenvalue weighted by molar-refractivity contribution is 0.0641. The van der Waals surface area contributed by atoms with Crippen LogP contribution in [-0.4, -0.2) is 53.1 Å². The first-order chi connectivity index (χ1) is 12.1. The molecule has 0 spiro atoms. The number of morpholine rings is 1. The van der Waals surface area contributed by atoms with Crippen molar-refractivity contribution in [3.05, 3.63) is 53.2 Å². The molecule has 1 saturated heterocycles. The first kappa shape index (κ1) is 15.6. The topological polar surface area (TPSA) is 83.0 Å². The third-order valence-electron chi connectivity index (χ3n) is 4.46. The van der Waals surface area contributed by atoms with Gasteiger partial charge in [-0.3, -0.25) is 14.5 Å². The number of phenols is 1. The number of benzene rings is 1. The molecule has 0 bridgehead atoms. The molecule has 2 aliphatic rings. The number of hydrogen-bond acceptors (Lipinski definition) is 6. The molecule has 3 heterocycles. The van der Waals surface area contributed by atoms with Gasteiger partial charge in [-0.1, -0.05) is 12.1 Å². The van der Waals surface area contributed by atoms with Gasteiger partial charge in [0.1, 0.15) is 11.6 Å². The lowest BCUT2D eigenvalue weighted by atomic mass is 10.1. The van der Waals surface area contributed by atoms with Gasteiger partial charge in [-0.2, -0.15) is 0 Å². The fourth-order valence-electron chi connectivity index (χ4n) is 3.13. The summed E-state index contributed by atoms with van der Waals surface area (Å²) in [6, 6.07) is 8.26. The summed E-state index contributed by atoms with van der Waals surface area (Å²) >= 11 is 0. The van der Waals surface area contributed by atoms with Crippen molar-refractivity contribution in [1.29, 1.82) is 0 Å². The molecule has 0 radical (unpaired) electrons. The van der Waals surface area contributed by atoms with Gasteiger partial charge in [0.15, 0.2) is 0 Å². The van der Waals surface area contributed by atoms with Gasteiger partial charge in [-0.15, -0.1) is 0 Å². The van der Waals surface area contributed by atoms with Gasteiger partial charge in [-0.25, -0.2) is 4.98 Å². The summed E-state index contributed by atoms with van der Waals surface area (Å²) in [6.07, 6.45) is 1.67. The summed E-state index contributed by atoms with van der Waals surface area (Å²) in [6.45, 7) is 3.08. The van der Waals surface area contributed by atoms with Crippen LogP contribution in [0.1, 0.15) is 26.3 Å². The molecule has 1 aromatic carbocycles. The first-order valence-corrected chi connectivity index (χ1v) is 8.11. The third-order valence-corrected chi connectivity index (χ3v) is 4.46. The zero-order valence-electron chi connectivity index (χ0n) is 13.5. The van der Waals surface area contributed by atoms with Crippen molar-refractivity contribution in [2.75, 3.05) is 31.2 Å². The molecular weight excluding hydrogens is 322 g/mol. The number of phenolic OH excluding ortho intramolecular Hbond substituents is 1. The molecule has 0 atom stereocenters. The highest BCUT2D eigenvalue weighted by Crippen LogP contribution is 2.31. The van der Waals surface area contributed by atoms with Crippen LogP contribution in [0.5, 0.6) is 5.75 Å².